The minimum absolute atomic E-state index is 0.0257. The molecular weight excluding hydrogens is 274 g/mol. The second kappa shape index (κ2) is 6.47. The molecule has 114 valence electrons. The molecule has 1 amide bonds. The lowest BCUT2D eigenvalue weighted by Crippen LogP contribution is -2.39. The van der Waals surface area contributed by atoms with E-state index in [1.807, 2.05) is 13.8 Å². The highest BCUT2D eigenvalue weighted by atomic mass is 16.7. The van der Waals surface area contributed by atoms with Crippen molar-refractivity contribution in [2.24, 2.45) is 0 Å². The summed E-state index contributed by atoms with van der Waals surface area (Å²) >= 11 is 0. The Hall–Kier alpha value is -2.24. The van der Waals surface area contributed by atoms with E-state index in [1.54, 1.807) is 23.1 Å². The number of hydrogen-bond acceptors (Lipinski definition) is 4. The van der Waals surface area contributed by atoms with Crippen LogP contribution in [-0.4, -0.2) is 41.3 Å². The van der Waals surface area contributed by atoms with Crippen molar-refractivity contribution >= 4 is 11.9 Å². The maximum atomic E-state index is 12.6. The number of aliphatic carboxylic acids is 1. The van der Waals surface area contributed by atoms with Crippen LogP contribution in [0.5, 0.6) is 11.5 Å². The van der Waals surface area contributed by atoms with Gasteiger partial charge in [0.05, 0.1) is 6.42 Å². The third-order valence-corrected chi connectivity index (χ3v) is 3.57. The van der Waals surface area contributed by atoms with Gasteiger partial charge < -0.3 is 19.5 Å². The van der Waals surface area contributed by atoms with Gasteiger partial charge in [-0.1, -0.05) is 6.92 Å². The quantitative estimate of drug-likeness (QED) is 0.869. The summed E-state index contributed by atoms with van der Waals surface area (Å²) in [5.41, 5.74) is 0.477. The van der Waals surface area contributed by atoms with Crippen molar-refractivity contribution in [1.82, 2.24) is 4.90 Å². The van der Waals surface area contributed by atoms with Gasteiger partial charge in [0.2, 0.25) is 6.79 Å². The molecule has 1 aliphatic rings. The Labute approximate surface area is 123 Å². The molecule has 0 radical (unpaired) electrons. The molecule has 0 aliphatic carbocycles. The van der Waals surface area contributed by atoms with E-state index in [-0.39, 0.29) is 31.7 Å². The minimum Gasteiger partial charge on any atom is -0.481 e. The van der Waals surface area contributed by atoms with Gasteiger partial charge in [0.25, 0.3) is 5.91 Å². The molecule has 6 nitrogen and oxygen atoms in total. The van der Waals surface area contributed by atoms with Crippen LogP contribution in [0.15, 0.2) is 18.2 Å². The standard InChI is InChI=1S/C15H19NO5/c1-3-10(2)16(7-6-14(17)18)15(19)11-4-5-12-13(8-11)21-9-20-12/h4-5,8,10H,3,6-7,9H2,1-2H3,(H,17,18). The van der Waals surface area contributed by atoms with Crippen LogP contribution in [0.4, 0.5) is 0 Å². The maximum absolute atomic E-state index is 12.6. The van der Waals surface area contributed by atoms with Crippen molar-refractivity contribution in [3.05, 3.63) is 23.8 Å². The highest BCUT2D eigenvalue weighted by molar-refractivity contribution is 5.95. The van der Waals surface area contributed by atoms with Crippen molar-refractivity contribution < 1.29 is 24.2 Å². The summed E-state index contributed by atoms with van der Waals surface area (Å²) in [4.78, 5) is 24.9. The van der Waals surface area contributed by atoms with Crippen LogP contribution in [0.3, 0.4) is 0 Å². The van der Waals surface area contributed by atoms with E-state index >= 15 is 0 Å². The SMILES string of the molecule is CCC(C)N(CCC(=O)O)C(=O)c1ccc2c(c1)OCO2. The number of amides is 1. The van der Waals surface area contributed by atoms with Crippen molar-refractivity contribution in [2.45, 2.75) is 32.7 Å². The van der Waals surface area contributed by atoms with Gasteiger partial charge in [-0.3, -0.25) is 9.59 Å². The second-order valence-electron chi connectivity index (χ2n) is 4.97. The molecule has 0 spiro atoms. The predicted octanol–water partition coefficient (Wildman–Crippen LogP) is 2.13. The molecule has 1 unspecified atom stereocenters. The molecule has 1 N–H and O–H groups in total. The Kier molecular flexibility index (Phi) is 4.67. The van der Waals surface area contributed by atoms with E-state index in [4.69, 9.17) is 14.6 Å². The normalized spacial score (nSPS) is 13.8. The molecule has 0 saturated heterocycles. The highest BCUT2D eigenvalue weighted by Crippen LogP contribution is 2.33. The topological polar surface area (TPSA) is 76.1 Å². The molecule has 0 saturated carbocycles. The number of carbonyl (C=O) groups is 2. The first-order chi connectivity index (χ1) is 10.0. The molecule has 6 heteroatoms. The van der Waals surface area contributed by atoms with Crippen molar-refractivity contribution in [1.29, 1.82) is 0 Å². The van der Waals surface area contributed by atoms with Crippen LogP contribution in [0.1, 0.15) is 37.0 Å². The van der Waals surface area contributed by atoms with Gasteiger partial charge in [0.15, 0.2) is 11.5 Å². The fraction of sp³-hybridized carbons (Fsp3) is 0.467. The molecule has 0 fully saturated rings. The Morgan fingerprint density at radius 1 is 1.33 bits per heavy atom. The zero-order chi connectivity index (χ0) is 15.4. The van der Waals surface area contributed by atoms with E-state index in [1.165, 1.54) is 0 Å². The van der Waals surface area contributed by atoms with Crippen LogP contribution in [0, 0.1) is 0 Å². The van der Waals surface area contributed by atoms with Crippen LogP contribution >= 0.6 is 0 Å². The van der Waals surface area contributed by atoms with E-state index in [2.05, 4.69) is 0 Å². The van der Waals surface area contributed by atoms with E-state index in [0.717, 1.165) is 6.42 Å². The van der Waals surface area contributed by atoms with Gasteiger partial charge in [-0.15, -0.1) is 0 Å². The monoisotopic (exact) mass is 293 g/mol. The first kappa shape index (κ1) is 15.2. The van der Waals surface area contributed by atoms with Gasteiger partial charge in [0, 0.05) is 18.2 Å². The fourth-order valence-electron chi connectivity index (χ4n) is 2.15. The Morgan fingerprint density at radius 2 is 2.05 bits per heavy atom. The number of hydrogen-bond donors (Lipinski definition) is 1. The number of rotatable bonds is 6. The number of fused-ring (bicyclic) bond motifs is 1. The van der Waals surface area contributed by atoms with Crippen LogP contribution in [0.25, 0.3) is 0 Å². The number of carboxylic acids is 1. The van der Waals surface area contributed by atoms with E-state index in [9.17, 15) is 9.59 Å². The molecule has 0 bridgehead atoms. The molecule has 1 aromatic rings. The Morgan fingerprint density at radius 3 is 2.71 bits per heavy atom. The maximum Gasteiger partial charge on any atom is 0.305 e. The average molecular weight is 293 g/mol. The first-order valence-electron chi connectivity index (χ1n) is 6.95. The molecule has 1 atom stereocenters. The van der Waals surface area contributed by atoms with Gasteiger partial charge in [-0.25, -0.2) is 0 Å². The molecule has 1 aliphatic heterocycles. The smallest absolute Gasteiger partial charge is 0.305 e. The van der Waals surface area contributed by atoms with Gasteiger partial charge in [-0.2, -0.15) is 0 Å². The molecular formula is C15H19NO5. The fourth-order valence-corrected chi connectivity index (χ4v) is 2.15. The largest absolute Gasteiger partial charge is 0.481 e. The van der Waals surface area contributed by atoms with Gasteiger partial charge in [-0.05, 0) is 31.5 Å². The average Bonchev–Trinajstić information content (AvgIpc) is 2.93. The summed E-state index contributed by atoms with van der Waals surface area (Å²) in [6.07, 6.45) is 0.691. The lowest BCUT2D eigenvalue weighted by molar-refractivity contribution is -0.137. The third kappa shape index (κ3) is 3.45. The van der Waals surface area contributed by atoms with Crippen molar-refractivity contribution in [3.63, 3.8) is 0 Å². The molecule has 1 aromatic carbocycles. The van der Waals surface area contributed by atoms with Crippen LogP contribution in [-0.2, 0) is 4.79 Å². The van der Waals surface area contributed by atoms with E-state index in [0.29, 0.717) is 17.1 Å². The number of carbonyl (C=O) groups excluding carboxylic acids is 1. The lowest BCUT2D eigenvalue weighted by atomic mass is 10.1. The Bertz CT molecular complexity index is 543. The minimum atomic E-state index is -0.915. The van der Waals surface area contributed by atoms with Gasteiger partial charge >= 0.3 is 5.97 Å². The first-order valence-corrected chi connectivity index (χ1v) is 6.95. The summed E-state index contributed by atoms with van der Waals surface area (Å²) in [6.45, 7) is 4.22. The van der Waals surface area contributed by atoms with E-state index < -0.39 is 5.97 Å². The van der Waals surface area contributed by atoms with Crippen molar-refractivity contribution in [2.75, 3.05) is 13.3 Å². The summed E-state index contributed by atoms with van der Waals surface area (Å²) in [7, 11) is 0. The lowest BCUT2D eigenvalue weighted by Gasteiger charge is -2.28. The molecule has 2 rings (SSSR count). The number of nitrogens with zero attached hydrogens (tertiary/aromatic N) is 1. The summed E-state index contributed by atoms with van der Waals surface area (Å²) in [5, 5.41) is 8.82. The summed E-state index contributed by atoms with van der Waals surface area (Å²) in [5.74, 6) is 0.0565. The Balaban J connectivity index is 2.18. The number of carboxylic acid groups (broad SMARTS) is 1. The summed E-state index contributed by atoms with van der Waals surface area (Å²) < 4.78 is 10.5. The van der Waals surface area contributed by atoms with Crippen LogP contribution in [0.2, 0.25) is 0 Å². The van der Waals surface area contributed by atoms with Crippen LogP contribution < -0.4 is 9.47 Å². The third-order valence-electron chi connectivity index (χ3n) is 3.57. The van der Waals surface area contributed by atoms with Gasteiger partial charge in [0.1, 0.15) is 0 Å². The number of ether oxygens (including phenoxy) is 2. The highest BCUT2D eigenvalue weighted by Gasteiger charge is 2.23. The number of benzene rings is 1. The van der Waals surface area contributed by atoms with Crippen molar-refractivity contribution in [3.8, 4) is 11.5 Å². The molecule has 0 aromatic heterocycles. The molecule has 1 heterocycles. The second-order valence-corrected chi connectivity index (χ2v) is 4.97. The zero-order valence-corrected chi connectivity index (χ0v) is 12.2. The predicted molar refractivity (Wildman–Crippen MR) is 75.6 cm³/mol. The zero-order valence-electron chi connectivity index (χ0n) is 12.2. The molecule has 21 heavy (non-hydrogen) atoms. The summed E-state index contributed by atoms with van der Waals surface area (Å²) in [6, 6.07) is 4.98.